The zero-order valence-electron chi connectivity index (χ0n) is 17.4. The van der Waals surface area contributed by atoms with Gasteiger partial charge in [-0.15, -0.1) is 0 Å². The standard InChI is InChI=1S/C21H26F4N4O2/c1-3-4-9-31-11-15-16(19(27)30)18(26)29(28-15)17(20(2)7-8-20)12-5-6-13(14(22)10-12)21(23,24)25/h5-6,10,17H,3-4,7-9,11,26H2,1-2H3,(H2,27,30). The van der Waals surface area contributed by atoms with E-state index >= 15 is 0 Å². The zero-order valence-corrected chi connectivity index (χ0v) is 17.4. The highest BCUT2D eigenvalue weighted by atomic mass is 19.4. The van der Waals surface area contributed by atoms with Gasteiger partial charge in [0.2, 0.25) is 0 Å². The summed E-state index contributed by atoms with van der Waals surface area (Å²) in [7, 11) is 0. The summed E-state index contributed by atoms with van der Waals surface area (Å²) in [6.45, 7) is 4.40. The van der Waals surface area contributed by atoms with Crippen molar-refractivity contribution < 1.29 is 27.1 Å². The molecule has 1 saturated carbocycles. The maximum absolute atomic E-state index is 14.3. The Hall–Kier alpha value is -2.62. The van der Waals surface area contributed by atoms with E-state index < -0.39 is 34.9 Å². The molecular formula is C21H26F4N4O2. The molecule has 1 aliphatic rings. The van der Waals surface area contributed by atoms with E-state index in [9.17, 15) is 22.4 Å². The van der Waals surface area contributed by atoms with Crippen molar-refractivity contribution in [2.24, 2.45) is 11.1 Å². The molecule has 6 nitrogen and oxygen atoms in total. The van der Waals surface area contributed by atoms with E-state index in [-0.39, 0.29) is 29.2 Å². The van der Waals surface area contributed by atoms with Crippen molar-refractivity contribution in [3.8, 4) is 0 Å². The summed E-state index contributed by atoms with van der Waals surface area (Å²) in [6, 6.07) is 2.14. The van der Waals surface area contributed by atoms with Crippen LogP contribution in [0.4, 0.5) is 23.4 Å². The fourth-order valence-corrected chi connectivity index (χ4v) is 3.72. The number of nitrogen functional groups attached to an aromatic ring is 1. The SMILES string of the molecule is CCCCOCc1nn(C(c2ccc(C(F)(F)F)c(F)c2)C2(C)CC2)c(N)c1C(N)=O. The quantitative estimate of drug-likeness (QED) is 0.444. The predicted molar refractivity (Wildman–Crippen MR) is 107 cm³/mol. The van der Waals surface area contributed by atoms with E-state index in [0.29, 0.717) is 12.7 Å². The highest BCUT2D eigenvalue weighted by Crippen LogP contribution is 2.57. The zero-order chi connectivity index (χ0) is 23.0. The van der Waals surface area contributed by atoms with Crippen LogP contribution in [0.5, 0.6) is 0 Å². The molecule has 10 heteroatoms. The number of hydrogen-bond acceptors (Lipinski definition) is 4. The highest BCUT2D eigenvalue weighted by Gasteiger charge is 2.48. The summed E-state index contributed by atoms with van der Waals surface area (Å²) in [6.07, 6.45) is -1.55. The van der Waals surface area contributed by atoms with E-state index in [4.69, 9.17) is 16.2 Å². The molecule has 1 amide bonds. The molecule has 3 rings (SSSR count). The summed E-state index contributed by atoms with van der Waals surface area (Å²) in [5, 5.41) is 4.43. The Morgan fingerprint density at radius 2 is 2.03 bits per heavy atom. The molecule has 0 bridgehead atoms. The van der Waals surface area contributed by atoms with Gasteiger partial charge < -0.3 is 16.2 Å². The third-order valence-corrected chi connectivity index (χ3v) is 5.71. The average molecular weight is 442 g/mol. The number of amides is 1. The molecule has 1 heterocycles. The minimum atomic E-state index is -4.80. The van der Waals surface area contributed by atoms with Crippen LogP contribution in [0.3, 0.4) is 0 Å². The highest BCUT2D eigenvalue weighted by molar-refractivity contribution is 5.98. The van der Waals surface area contributed by atoms with Crippen LogP contribution < -0.4 is 11.5 Å². The van der Waals surface area contributed by atoms with Gasteiger partial charge in [0.25, 0.3) is 5.91 Å². The molecule has 0 saturated heterocycles. The molecule has 170 valence electrons. The molecule has 0 spiro atoms. The number of unbranched alkanes of at least 4 members (excludes halogenated alkanes) is 1. The lowest BCUT2D eigenvalue weighted by molar-refractivity contribution is -0.140. The Bertz CT molecular complexity index is 967. The number of carbonyl (C=O) groups is 1. The molecule has 1 aromatic heterocycles. The van der Waals surface area contributed by atoms with Crippen LogP contribution in [0.15, 0.2) is 18.2 Å². The Labute approximate surface area is 177 Å². The first kappa shape index (κ1) is 23.1. The second-order valence-electron chi connectivity index (χ2n) is 8.22. The Morgan fingerprint density at radius 1 is 1.35 bits per heavy atom. The van der Waals surface area contributed by atoms with Gasteiger partial charge in [-0.3, -0.25) is 4.79 Å². The van der Waals surface area contributed by atoms with Crippen molar-refractivity contribution in [2.75, 3.05) is 12.3 Å². The molecule has 1 fully saturated rings. The smallest absolute Gasteiger partial charge is 0.383 e. The van der Waals surface area contributed by atoms with Crippen LogP contribution >= 0.6 is 0 Å². The minimum Gasteiger partial charge on any atom is -0.383 e. The number of hydrogen-bond donors (Lipinski definition) is 2. The fraction of sp³-hybridized carbons (Fsp3) is 0.524. The first-order valence-corrected chi connectivity index (χ1v) is 10.1. The van der Waals surface area contributed by atoms with Gasteiger partial charge in [0, 0.05) is 6.61 Å². The van der Waals surface area contributed by atoms with Crippen molar-refractivity contribution in [1.29, 1.82) is 0 Å². The number of nitrogens with two attached hydrogens (primary N) is 2. The third kappa shape index (κ3) is 4.68. The van der Waals surface area contributed by atoms with Gasteiger partial charge in [-0.05, 0) is 42.4 Å². The molecule has 1 aliphatic carbocycles. The lowest BCUT2D eigenvalue weighted by atomic mass is 9.91. The Balaban J connectivity index is 2.04. The number of alkyl halides is 3. The lowest BCUT2D eigenvalue weighted by Gasteiger charge is -2.26. The first-order chi connectivity index (χ1) is 14.5. The maximum atomic E-state index is 14.3. The number of benzene rings is 1. The maximum Gasteiger partial charge on any atom is 0.419 e. The third-order valence-electron chi connectivity index (χ3n) is 5.71. The minimum absolute atomic E-state index is 0.0122. The van der Waals surface area contributed by atoms with Crippen molar-refractivity contribution in [2.45, 2.75) is 58.4 Å². The van der Waals surface area contributed by atoms with Gasteiger partial charge in [-0.1, -0.05) is 26.3 Å². The van der Waals surface area contributed by atoms with E-state index in [2.05, 4.69) is 5.10 Å². The largest absolute Gasteiger partial charge is 0.419 e. The van der Waals surface area contributed by atoms with Crippen molar-refractivity contribution in [3.63, 3.8) is 0 Å². The average Bonchev–Trinajstić information content (AvgIpc) is 3.32. The monoisotopic (exact) mass is 442 g/mol. The van der Waals surface area contributed by atoms with Crippen LogP contribution in [-0.4, -0.2) is 22.3 Å². The van der Waals surface area contributed by atoms with Gasteiger partial charge in [-0.25, -0.2) is 9.07 Å². The van der Waals surface area contributed by atoms with E-state index in [0.717, 1.165) is 31.7 Å². The van der Waals surface area contributed by atoms with E-state index in [1.54, 1.807) is 0 Å². The van der Waals surface area contributed by atoms with E-state index in [1.807, 2.05) is 13.8 Å². The van der Waals surface area contributed by atoms with E-state index in [1.165, 1.54) is 10.7 Å². The summed E-state index contributed by atoms with van der Waals surface area (Å²) in [5.41, 5.74) is 10.5. The number of carbonyl (C=O) groups excluding carboxylic acids is 1. The molecule has 0 radical (unpaired) electrons. The van der Waals surface area contributed by atoms with Crippen molar-refractivity contribution in [3.05, 3.63) is 46.4 Å². The van der Waals surface area contributed by atoms with Crippen LogP contribution in [0.2, 0.25) is 0 Å². The predicted octanol–water partition coefficient (Wildman–Crippen LogP) is 4.43. The van der Waals surface area contributed by atoms with Gasteiger partial charge in [-0.2, -0.15) is 18.3 Å². The summed E-state index contributed by atoms with van der Waals surface area (Å²) < 4.78 is 60.2. The molecule has 0 aliphatic heterocycles. The van der Waals surface area contributed by atoms with Crippen LogP contribution in [0, 0.1) is 11.2 Å². The first-order valence-electron chi connectivity index (χ1n) is 10.1. The number of primary amides is 1. The molecule has 1 aromatic carbocycles. The number of anilines is 1. The number of halogens is 4. The van der Waals surface area contributed by atoms with Crippen molar-refractivity contribution >= 4 is 11.7 Å². The molecule has 1 atom stereocenters. The molecule has 2 aromatic rings. The second-order valence-corrected chi connectivity index (χ2v) is 8.22. The van der Waals surface area contributed by atoms with Crippen LogP contribution in [0.25, 0.3) is 0 Å². The number of nitrogens with zero attached hydrogens (tertiary/aromatic N) is 2. The lowest BCUT2D eigenvalue weighted by Crippen LogP contribution is -2.24. The van der Waals surface area contributed by atoms with Gasteiger partial charge in [0.1, 0.15) is 22.9 Å². The Morgan fingerprint density at radius 3 is 2.55 bits per heavy atom. The summed E-state index contributed by atoms with van der Waals surface area (Å²) in [4.78, 5) is 12.0. The Kier molecular flexibility index (Phi) is 6.31. The second kappa shape index (κ2) is 8.49. The number of ether oxygens (including phenoxy) is 1. The molecule has 31 heavy (non-hydrogen) atoms. The molecule has 4 N–H and O–H groups in total. The topological polar surface area (TPSA) is 96.2 Å². The summed E-state index contributed by atoms with van der Waals surface area (Å²) >= 11 is 0. The molecular weight excluding hydrogens is 416 g/mol. The summed E-state index contributed by atoms with van der Waals surface area (Å²) in [5.74, 6) is -2.17. The van der Waals surface area contributed by atoms with Gasteiger partial charge in [0.05, 0.1) is 18.2 Å². The number of rotatable bonds is 9. The van der Waals surface area contributed by atoms with Crippen LogP contribution in [-0.2, 0) is 17.5 Å². The normalized spacial score (nSPS) is 16.3. The van der Waals surface area contributed by atoms with Gasteiger partial charge >= 0.3 is 6.18 Å². The number of aromatic nitrogens is 2. The van der Waals surface area contributed by atoms with Gasteiger partial charge in [0.15, 0.2) is 0 Å². The fourth-order valence-electron chi connectivity index (χ4n) is 3.72. The van der Waals surface area contributed by atoms with Crippen LogP contribution in [0.1, 0.15) is 72.8 Å². The molecule has 1 unspecified atom stereocenters. The van der Waals surface area contributed by atoms with Crippen molar-refractivity contribution in [1.82, 2.24) is 9.78 Å².